The molecule has 0 aliphatic heterocycles. The first-order valence-electron chi connectivity index (χ1n) is 9.77. The van der Waals surface area contributed by atoms with Gasteiger partial charge in [-0.2, -0.15) is 4.68 Å². The average molecular weight is 458 g/mol. The van der Waals surface area contributed by atoms with Crippen molar-refractivity contribution in [3.05, 3.63) is 54.0 Å². The van der Waals surface area contributed by atoms with E-state index in [1.165, 1.54) is 12.3 Å². The summed E-state index contributed by atoms with van der Waals surface area (Å²) in [5.74, 6) is -1.69. The van der Waals surface area contributed by atoms with Gasteiger partial charge >= 0.3 is 0 Å². The number of nitrogens with one attached hydrogen (secondary N) is 3. The zero-order valence-electron chi connectivity index (χ0n) is 17.7. The Morgan fingerprint density at radius 3 is 2.59 bits per heavy atom. The molecule has 1 atom stereocenters. The number of furan rings is 1. The molecule has 2 heterocycles. The highest BCUT2D eigenvalue weighted by molar-refractivity contribution is 7.99. The van der Waals surface area contributed by atoms with Crippen LogP contribution in [-0.2, 0) is 9.59 Å². The topological polar surface area (TPSA) is 144 Å². The van der Waals surface area contributed by atoms with Gasteiger partial charge in [0.1, 0.15) is 6.04 Å². The van der Waals surface area contributed by atoms with Crippen molar-refractivity contribution in [2.45, 2.75) is 32.0 Å². The van der Waals surface area contributed by atoms with E-state index in [-0.39, 0.29) is 17.4 Å². The van der Waals surface area contributed by atoms with E-state index in [4.69, 9.17) is 4.42 Å². The van der Waals surface area contributed by atoms with Gasteiger partial charge in [0, 0.05) is 0 Å². The van der Waals surface area contributed by atoms with Gasteiger partial charge < -0.3 is 9.73 Å². The van der Waals surface area contributed by atoms with Gasteiger partial charge in [-0.3, -0.25) is 25.2 Å². The number of hydrogen-bond donors (Lipinski definition) is 3. The van der Waals surface area contributed by atoms with E-state index in [1.54, 1.807) is 24.6 Å². The van der Waals surface area contributed by atoms with E-state index in [1.807, 2.05) is 31.2 Å². The largest absolute Gasteiger partial charge is 0.459 e. The third kappa shape index (κ3) is 5.72. The Labute approximate surface area is 188 Å². The number of tetrazole rings is 1. The number of benzene rings is 1. The van der Waals surface area contributed by atoms with E-state index in [0.29, 0.717) is 5.16 Å². The molecule has 0 bridgehead atoms. The molecule has 0 spiro atoms. The number of aromatic nitrogens is 4. The smallest absolute Gasteiger partial charge is 0.287 e. The number of hydrogen-bond acceptors (Lipinski definition) is 8. The van der Waals surface area contributed by atoms with Crippen molar-refractivity contribution in [3.8, 4) is 5.69 Å². The summed E-state index contributed by atoms with van der Waals surface area (Å²) < 4.78 is 6.58. The van der Waals surface area contributed by atoms with Crippen molar-refractivity contribution < 1.29 is 18.8 Å². The van der Waals surface area contributed by atoms with E-state index in [9.17, 15) is 14.4 Å². The Bertz CT molecular complexity index is 1080. The summed E-state index contributed by atoms with van der Waals surface area (Å²) in [5.41, 5.74) is 6.48. The van der Waals surface area contributed by atoms with Gasteiger partial charge in [0.25, 0.3) is 11.8 Å². The number of rotatable bonds is 8. The first kappa shape index (κ1) is 23.0. The van der Waals surface area contributed by atoms with Crippen LogP contribution in [0.25, 0.3) is 5.69 Å². The number of hydrazine groups is 1. The average Bonchev–Trinajstić information content (AvgIpc) is 3.46. The summed E-state index contributed by atoms with van der Waals surface area (Å²) in [4.78, 5) is 36.9. The molecule has 0 radical (unpaired) electrons. The molecular weight excluding hydrogens is 434 g/mol. The molecule has 0 fully saturated rings. The Kier molecular flexibility index (Phi) is 7.60. The number of nitrogens with zero attached hydrogens (tertiary/aromatic N) is 4. The molecule has 12 heteroatoms. The third-order valence-corrected chi connectivity index (χ3v) is 5.34. The van der Waals surface area contributed by atoms with Gasteiger partial charge in [0.15, 0.2) is 5.76 Å². The lowest BCUT2D eigenvalue weighted by Crippen LogP contribution is -2.54. The molecule has 0 aliphatic rings. The molecule has 0 saturated heterocycles. The maximum Gasteiger partial charge on any atom is 0.287 e. The lowest BCUT2D eigenvalue weighted by atomic mass is 10.0. The molecule has 3 rings (SSSR count). The van der Waals surface area contributed by atoms with Gasteiger partial charge in [-0.05, 0) is 47.0 Å². The summed E-state index contributed by atoms with van der Waals surface area (Å²) in [6.45, 7) is 5.48. The SMILES string of the molecule is Cc1ccccc1-n1nnnc1SCC(=O)NNC(=O)[C@@H](NC(=O)c1ccco1)C(C)C. The summed E-state index contributed by atoms with van der Waals surface area (Å²) in [7, 11) is 0. The van der Waals surface area contributed by atoms with E-state index < -0.39 is 23.8 Å². The second-order valence-corrected chi connectivity index (χ2v) is 8.10. The van der Waals surface area contributed by atoms with Crippen LogP contribution in [0, 0.1) is 12.8 Å². The number of amides is 3. The van der Waals surface area contributed by atoms with Gasteiger partial charge in [-0.25, -0.2) is 0 Å². The fraction of sp³-hybridized carbons (Fsp3) is 0.300. The van der Waals surface area contributed by atoms with Crippen LogP contribution in [-0.4, -0.2) is 49.7 Å². The minimum Gasteiger partial charge on any atom is -0.459 e. The predicted octanol–water partition coefficient (Wildman–Crippen LogP) is 1.26. The normalized spacial score (nSPS) is 11.8. The van der Waals surface area contributed by atoms with Crippen molar-refractivity contribution >= 4 is 29.5 Å². The predicted molar refractivity (Wildman–Crippen MR) is 116 cm³/mol. The van der Waals surface area contributed by atoms with Crippen LogP contribution in [0.2, 0.25) is 0 Å². The molecule has 1 aromatic carbocycles. The molecule has 3 N–H and O–H groups in total. The molecule has 3 aromatic rings. The fourth-order valence-corrected chi connectivity index (χ4v) is 3.44. The number of para-hydroxylation sites is 1. The number of aryl methyl sites for hydroxylation is 1. The second-order valence-electron chi connectivity index (χ2n) is 7.16. The summed E-state index contributed by atoms with van der Waals surface area (Å²) >= 11 is 1.12. The second kappa shape index (κ2) is 10.6. The van der Waals surface area contributed by atoms with Crippen molar-refractivity contribution in [2.75, 3.05) is 5.75 Å². The first-order valence-corrected chi connectivity index (χ1v) is 10.8. The molecule has 3 amide bonds. The highest BCUT2D eigenvalue weighted by Gasteiger charge is 2.26. The highest BCUT2D eigenvalue weighted by Crippen LogP contribution is 2.20. The van der Waals surface area contributed by atoms with Crippen LogP contribution >= 0.6 is 11.8 Å². The van der Waals surface area contributed by atoms with Crippen molar-refractivity contribution in [2.24, 2.45) is 5.92 Å². The van der Waals surface area contributed by atoms with Crippen LogP contribution in [0.3, 0.4) is 0 Å². The summed E-state index contributed by atoms with van der Waals surface area (Å²) in [6.07, 6.45) is 1.37. The Morgan fingerprint density at radius 1 is 1.12 bits per heavy atom. The maximum atomic E-state index is 12.5. The highest BCUT2D eigenvalue weighted by atomic mass is 32.2. The zero-order chi connectivity index (χ0) is 23.1. The Balaban J connectivity index is 1.52. The molecule has 11 nitrogen and oxygen atoms in total. The molecule has 0 saturated carbocycles. The van der Waals surface area contributed by atoms with E-state index in [2.05, 4.69) is 31.7 Å². The zero-order valence-corrected chi connectivity index (χ0v) is 18.5. The monoisotopic (exact) mass is 457 g/mol. The molecule has 0 aliphatic carbocycles. The molecule has 0 unspecified atom stereocenters. The maximum absolute atomic E-state index is 12.5. The molecule has 32 heavy (non-hydrogen) atoms. The lowest BCUT2D eigenvalue weighted by molar-refractivity contribution is -0.129. The van der Waals surface area contributed by atoms with Gasteiger partial charge in [-0.1, -0.05) is 43.8 Å². The van der Waals surface area contributed by atoms with Crippen LogP contribution < -0.4 is 16.2 Å². The van der Waals surface area contributed by atoms with Crippen LogP contribution in [0.4, 0.5) is 0 Å². The lowest BCUT2D eigenvalue weighted by Gasteiger charge is -2.21. The first-order chi connectivity index (χ1) is 15.4. The fourth-order valence-electron chi connectivity index (χ4n) is 2.75. The van der Waals surface area contributed by atoms with Gasteiger partial charge in [-0.15, -0.1) is 5.10 Å². The van der Waals surface area contributed by atoms with Gasteiger partial charge in [0.05, 0.1) is 17.7 Å². The van der Waals surface area contributed by atoms with Crippen LogP contribution in [0.1, 0.15) is 30.0 Å². The van der Waals surface area contributed by atoms with E-state index in [0.717, 1.165) is 23.0 Å². The number of thioether (sulfide) groups is 1. The Morgan fingerprint density at radius 2 is 1.91 bits per heavy atom. The van der Waals surface area contributed by atoms with Crippen LogP contribution in [0.5, 0.6) is 0 Å². The third-order valence-electron chi connectivity index (χ3n) is 4.42. The van der Waals surface area contributed by atoms with Gasteiger partial charge in [0.2, 0.25) is 11.1 Å². The Hall–Kier alpha value is -3.67. The number of carbonyl (C=O) groups excluding carboxylic acids is 3. The van der Waals surface area contributed by atoms with Crippen molar-refractivity contribution in [3.63, 3.8) is 0 Å². The quantitative estimate of drug-likeness (QED) is 0.339. The molecule has 2 aromatic heterocycles. The van der Waals surface area contributed by atoms with E-state index >= 15 is 0 Å². The van der Waals surface area contributed by atoms with Crippen molar-refractivity contribution in [1.82, 2.24) is 36.4 Å². The minimum absolute atomic E-state index is 0.0301. The number of carbonyl (C=O) groups is 3. The van der Waals surface area contributed by atoms with Crippen molar-refractivity contribution in [1.29, 1.82) is 0 Å². The summed E-state index contributed by atoms with van der Waals surface area (Å²) in [6, 6.07) is 9.79. The molecular formula is C20H23N7O4S. The van der Waals surface area contributed by atoms with Crippen LogP contribution in [0.15, 0.2) is 52.2 Å². The minimum atomic E-state index is -0.867. The standard InChI is InChI=1S/C20H23N7O4S/c1-12(2)17(21-18(29)15-9-6-10-31-15)19(30)23-22-16(28)11-32-20-24-25-26-27(20)14-8-5-4-7-13(14)3/h4-10,12,17H,11H2,1-3H3,(H,21,29)(H,22,28)(H,23,30)/t17-/m0/s1. The molecule has 168 valence electrons. The summed E-state index contributed by atoms with van der Waals surface area (Å²) in [5, 5.41) is 14.6.